The van der Waals surface area contributed by atoms with Crippen LogP contribution in [0.25, 0.3) is 0 Å². The van der Waals surface area contributed by atoms with E-state index in [1.165, 1.54) is 13.5 Å². The summed E-state index contributed by atoms with van der Waals surface area (Å²) in [5.74, 6) is -0.415. The van der Waals surface area contributed by atoms with Gasteiger partial charge in [0.25, 0.3) is 5.91 Å². The molecule has 2 aromatic rings. The molecular formula is C24H27N3O4. The van der Waals surface area contributed by atoms with Gasteiger partial charge in [0.2, 0.25) is 5.43 Å². The number of amides is 1. The average Bonchev–Trinajstić information content (AvgIpc) is 3.17. The van der Waals surface area contributed by atoms with E-state index in [2.05, 4.69) is 4.90 Å². The number of carbonyl (C=O) groups is 2. The van der Waals surface area contributed by atoms with Crippen LogP contribution in [0.5, 0.6) is 5.75 Å². The predicted molar refractivity (Wildman–Crippen MR) is 116 cm³/mol. The molecule has 1 aromatic carbocycles. The van der Waals surface area contributed by atoms with Crippen LogP contribution in [0.15, 0.2) is 41.3 Å². The van der Waals surface area contributed by atoms with Gasteiger partial charge in [-0.3, -0.25) is 19.3 Å². The maximum Gasteiger partial charge on any atom is 0.275 e. The zero-order chi connectivity index (χ0) is 21.5. The fraction of sp³-hybridized carbons (Fsp3) is 0.458. The van der Waals surface area contributed by atoms with Crippen molar-refractivity contribution in [3.05, 3.63) is 63.6 Å². The van der Waals surface area contributed by atoms with Crippen LogP contribution in [0.3, 0.4) is 0 Å². The van der Waals surface area contributed by atoms with Crippen molar-refractivity contribution in [2.45, 2.75) is 50.9 Å². The van der Waals surface area contributed by atoms with Crippen LogP contribution in [0.1, 0.15) is 52.1 Å². The minimum Gasteiger partial charge on any atom is -0.491 e. The van der Waals surface area contributed by atoms with Crippen LogP contribution in [0.4, 0.5) is 0 Å². The maximum absolute atomic E-state index is 13.3. The molecule has 31 heavy (non-hydrogen) atoms. The van der Waals surface area contributed by atoms with Gasteiger partial charge in [-0.1, -0.05) is 36.8 Å². The standard InChI is InChI=1S/C24H27N3O4/c1-31-23-21-24(30)27-13-17-9-5-6-12-26(17)20(27)15-25(21)14-18(22(23)29)19(28)11-10-16-7-3-2-4-8-16/h2-4,7-8,14,17,20H,5-6,9-13,15H2,1H3/t17-,20-/m0/s1. The van der Waals surface area contributed by atoms with Crippen LogP contribution in [0.2, 0.25) is 0 Å². The summed E-state index contributed by atoms with van der Waals surface area (Å²) in [6.45, 7) is 2.22. The van der Waals surface area contributed by atoms with Gasteiger partial charge in [-0.05, 0) is 24.8 Å². The molecule has 3 aliphatic rings. The normalized spacial score (nSPS) is 22.6. The Balaban J connectivity index is 1.47. The molecule has 0 N–H and O–H groups in total. The zero-order valence-corrected chi connectivity index (χ0v) is 17.8. The molecule has 0 bridgehead atoms. The van der Waals surface area contributed by atoms with E-state index in [1.807, 2.05) is 35.2 Å². The molecular weight excluding hydrogens is 394 g/mol. The number of benzene rings is 1. The molecule has 0 aliphatic carbocycles. The van der Waals surface area contributed by atoms with Crippen LogP contribution in [0, 0.1) is 0 Å². The molecule has 4 heterocycles. The molecule has 0 saturated carbocycles. The van der Waals surface area contributed by atoms with Crippen LogP contribution >= 0.6 is 0 Å². The fourth-order valence-corrected chi connectivity index (χ4v) is 5.30. The Morgan fingerprint density at radius 2 is 1.94 bits per heavy atom. The Kier molecular flexibility index (Phi) is 5.14. The Morgan fingerprint density at radius 1 is 1.13 bits per heavy atom. The predicted octanol–water partition coefficient (Wildman–Crippen LogP) is 2.32. The lowest BCUT2D eigenvalue weighted by Gasteiger charge is -2.38. The first-order valence-corrected chi connectivity index (χ1v) is 11.0. The number of aromatic nitrogens is 1. The summed E-state index contributed by atoms with van der Waals surface area (Å²) >= 11 is 0. The van der Waals surface area contributed by atoms with E-state index in [4.69, 9.17) is 4.74 Å². The second-order valence-corrected chi connectivity index (χ2v) is 8.64. The largest absolute Gasteiger partial charge is 0.491 e. The third-order valence-electron chi connectivity index (χ3n) is 6.87. The number of ketones is 1. The van der Waals surface area contributed by atoms with Gasteiger partial charge in [-0.25, -0.2) is 0 Å². The van der Waals surface area contributed by atoms with Crippen molar-refractivity contribution in [2.24, 2.45) is 0 Å². The van der Waals surface area contributed by atoms with Crippen molar-refractivity contribution in [2.75, 3.05) is 20.2 Å². The van der Waals surface area contributed by atoms with Crippen molar-refractivity contribution in [1.82, 2.24) is 14.4 Å². The van der Waals surface area contributed by atoms with E-state index < -0.39 is 5.43 Å². The monoisotopic (exact) mass is 421 g/mol. The first kappa shape index (κ1) is 20.0. The number of aryl methyl sites for hydroxylation is 1. The number of rotatable bonds is 5. The Bertz CT molecular complexity index is 1080. The molecule has 7 nitrogen and oxygen atoms in total. The summed E-state index contributed by atoms with van der Waals surface area (Å²) in [7, 11) is 1.39. The smallest absolute Gasteiger partial charge is 0.275 e. The lowest BCUT2D eigenvalue weighted by molar-refractivity contribution is 0.0451. The summed E-state index contributed by atoms with van der Waals surface area (Å²) < 4.78 is 7.16. The highest BCUT2D eigenvalue weighted by Gasteiger charge is 2.47. The molecule has 162 valence electrons. The molecule has 2 fully saturated rings. The Labute approximate surface area is 181 Å². The molecule has 2 saturated heterocycles. The van der Waals surface area contributed by atoms with E-state index in [0.29, 0.717) is 25.6 Å². The van der Waals surface area contributed by atoms with E-state index in [9.17, 15) is 14.4 Å². The summed E-state index contributed by atoms with van der Waals surface area (Å²) in [6, 6.07) is 10.1. The number of Topliss-reactive ketones (excluding diaryl/α,β-unsaturated/α-hetero) is 1. The number of piperidine rings is 1. The van der Waals surface area contributed by atoms with Gasteiger partial charge in [-0.15, -0.1) is 0 Å². The van der Waals surface area contributed by atoms with E-state index >= 15 is 0 Å². The SMILES string of the molecule is COc1c2n(cc(C(=O)CCc3ccccc3)c1=O)C[C@@H]1N(C[C@@H]3CCCCN31)C2=O. The van der Waals surface area contributed by atoms with Crippen molar-refractivity contribution in [3.8, 4) is 5.75 Å². The van der Waals surface area contributed by atoms with Gasteiger partial charge in [0.1, 0.15) is 6.17 Å². The maximum atomic E-state index is 13.3. The second-order valence-electron chi connectivity index (χ2n) is 8.64. The van der Waals surface area contributed by atoms with Crippen molar-refractivity contribution < 1.29 is 14.3 Å². The van der Waals surface area contributed by atoms with Gasteiger partial charge in [-0.2, -0.15) is 0 Å². The summed E-state index contributed by atoms with van der Waals surface area (Å²) in [4.78, 5) is 43.7. The highest BCUT2D eigenvalue weighted by molar-refractivity contribution is 6.00. The Morgan fingerprint density at radius 3 is 2.71 bits per heavy atom. The number of hydrogen-bond acceptors (Lipinski definition) is 5. The van der Waals surface area contributed by atoms with Crippen molar-refractivity contribution in [1.29, 1.82) is 0 Å². The number of fused-ring (bicyclic) bond motifs is 4. The number of pyridine rings is 1. The third kappa shape index (κ3) is 3.37. The molecule has 1 aromatic heterocycles. The first-order valence-electron chi connectivity index (χ1n) is 11.0. The zero-order valence-electron chi connectivity index (χ0n) is 17.8. The van der Waals surface area contributed by atoms with Gasteiger partial charge in [0.05, 0.1) is 19.2 Å². The molecule has 3 aliphatic heterocycles. The molecule has 5 rings (SSSR count). The van der Waals surface area contributed by atoms with Crippen LogP contribution in [-0.4, -0.2) is 58.5 Å². The Hall–Kier alpha value is -2.93. The molecule has 0 spiro atoms. The first-order chi connectivity index (χ1) is 15.1. The number of carbonyl (C=O) groups excluding carboxylic acids is 2. The molecule has 1 amide bonds. The van der Waals surface area contributed by atoms with E-state index in [0.717, 1.165) is 24.9 Å². The minimum atomic E-state index is -0.490. The van der Waals surface area contributed by atoms with E-state index in [-0.39, 0.29) is 41.3 Å². The number of methoxy groups -OCH3 is 1. The van der Waals surface area contributed by atoms with Crippen molar-refractivity contribution >= 4 is 11.7 Å². The van der Waals surface area contributed by atoms with Gasteiger partial charge < -0.3 is 14.2 Å². The molecule has 2 atom stereocenters. The highest BCUT2D eigenvalue weighted by Crippen LogP contribution is 2.35. The van der Waals surface area contributed by atoms with Gasteiger partial charge in [0, 0.05) is 31.7 Å². The number of ether oxygens (including phenoxy) is 1. The summed E-state index contributed by atoms with van der Waals surface area (Å²) in [5, 5.41) is 0. The lowest BCUT2D eigenvalue weighted by atomic mass is 10.0. The third-order valence-corrected chi connectivity index (χ3v) is 6.87. The topological polar surface area (TPSA) is 71.8 Å². The molecule has 0 unspecified atom stereocenters. The quantitative estimate of drug-likeness (QED) is 0.693. The van der Waals surface area contributed by atoms with Crippen LogP contribution < -0.4 is 10.2 Å². The van der Waals surface area contributed by atoms with Gasteiger partial charge in [0.15, 0.2) is 17.2 Å². The highest BCUT2D eigenvalue weighted by atomic mass is 16.5. The number of nitrogens with zero attached hydrogens (tertiary/aromatic N) is 3. The minimum absolute atomic E-state index is 0.0149. The molecule has 0 radical (unpaired) electrons. The van der Waals surface area contributed by atoms with Crippen molar-refractivity contribution in [3.63, 3.8) is 0 Å². The van der Waals surface area contributed by atoms with Crippen LogP contribution in [-0.2, 0) is 13.0 Å². The van der Waals surface area contributed by atoms with E-state index in [1.54, 1.807) is 10.8 Å². The summed E-state index contributed by atoms with van der Waals surface area (Å²) in [6.07, 6.45) is 5.77. The summed E-state index contributed by atoms with van der Waals surface area (Å²) in [5.41, 5.74) is 0.929. The number of hydrogen-bond donors (Lipinski definition) is 0. The average molecular weight is 421 g/mol. The lowest BCUT2D eigenvalue weighted by Crippen LogP contribution is -2.51. The van der Waals surface area contributed by atoms with Gasteiger partial charge >= 0.3 is 0 Å². The molecule has 7 heteroatoms. The fourth-order valence-electron chi connectivity index (χ4n) is 5.30. The second kappa shape index (κ2) is 7.96.